The Bertz CT molecular complexity index is 1500. The minimum atomic E-state index is -4.45. The van der Waals surface area contributed by atoms with Crippen LogP contribution in [0.4, 0.5) is 18.9 Å². The van der Waals surface area contributed by atoms with Crippen molar-refractivity contribution >= 4 is 23.4 Å². The summed E-state index contributed by atoms with van der Waals surface area (Å²) >= 11 is 0. The third kappa shape index (κ3) is 7.60. The van der Waals surface area contributed by atoms with Crippen molar-refractivity contribution in [3.63, 3.8) is 0 Å². The number of benzene rings is 4. The minimum Gasteiger partial charge on any atom is -0.350 e. The number of hydrogen-bond donors (Lipinski definition) is 3. The fraction of sp³-hybridized carbons (Fsp3) is 0.156. The second-order valence-corrected chi connectivity index (χ2v) is 9.25. The van der Waals surface area contributed by atoms with E-state index in [9.17, 15) is 27.6 Å². The molecule has 0 saturated heterocycles. The smallest absolute Gasteiger partial charge is 0.350 e. The molecule has 0 aliphatic carbocycles. The molecule has 0 aliphatic rings. The van der Waals surface area contributed by atoms with E-state index in [1.54, 1.807) is 79.7 Å². The van der Waals surface area contributed by atoms with E-state index in [0.29, 0.717) is 27.9 Å². The average Bonchev–Trinajstić information content (AvgIpc) is 2.99. The molecule has 1 atom stereocenters. The zero-order valence-corrected chi connectivity index (χ0v) is 22.2. The summed E-state index contributed by atoms with van der Waals surface area (Å²) in [6.45, 7) is 1.91. The van der Waals surface area contributed by atoms with E-state index in [2.05, 4.69) is 16.0 Å². The standard InChI is InChI=1S/C32H28F3N3O3/c1-2-28(39)38-29(23-8-4-3-5-9-23)31(41)36-20-21-12-18-25(19-13-21)37-30(40)27-11-7-6-10-26(27)22-14-16-24(17-15-22)32(33,34)35/h3-19,29H,2,20H2,1H3,(H,36,41)(H,37,40)(H,38,39)/t29-/m0/s1. The van der Waals surface area contributed by atoms with Gasteiger partial charge in [-0.2, -0.15) is 13.2 Å². The fourth-order valence-corrected chi connectivity index (χ4v) is 4.18. The normalized spacial score (nSPS) is 11.8. The van der Waals surface area contributed by atoms with Crippen LogP contribution in [0.25, 0.3) is 11.1 Å². The van der Waals surface area contributed by atoms with E-state index in [1.807, 2.05) is 6.07 Å². The molecule has 0 aliphatic heterocycles. The van der Waals surface area contributed by atoms with Gasteiger partial charge in [-0.15, -0.1) is 0 Å². The first-order valence-electron chi connectivity index (χ1n) is 12.9. The third-order valence-electron chi connectivity index (χ3n) is 6.40. The molecular weight excluding hydrogens is 531 g/mol. The number of rotatable bonds is 9. The van der Waals surface area contributed by atoms with E-state index in [0.717, 1.165) is 17.7 Å². The maximum absolute atomic E-state index is 13.1. The van der Waals surface area contributed by atoms with Gasteiger partial charge in [-0.1, -0.05) is 79.7 Å². The van der Waals surface area contributed by atoms with Crippen LogP contribution in [0.2, 0.25) is 0 Å². The highest BCUT2D eigenvalue weighted by atomic mass is 19.4. The van der Waals surface area contributed by atoms with E-state index < -0.39 is 23.7 Å². The number of halogens is 3. The topological polar surface area (TPSA) is 87.3 Å². The zero-order chi connectivity index (χ0) is 29.4. The van der Waals surface area contributed by atoms with E-state index in [4.69, 9.17) is 0 Å². The maximum Gasteiger partial charge on any atom is 0.416 e. The first-order valence-corrected chi connectivity index (χ1v) is 12.9. The SMILES string of the molecule is CCC(=O)N[C@H](C(=O)NCc1ccc(NC(=O)c2ccccc2-c2ccc(C(F)(F)F)cc2)cc1)c1ccccc1. The lowest BCUT2D eigenvalue weighted by Crippen LogP contribution is -2.39. The zero-order valence-electron chi connectivity index (χ0n) is 22.2. The Balaban J connectivity index is 1.41. The van der Waals surface area contributed by atoms with Crippen molar-refractivity contribution in [1.82, 2.24) is 10.6 Å². The van der Waals surface area contributed by atoms with Crippen molar-refractivity contribution in [3.05, 3.63) is 125 Å². The quantitative estimate of drug-likeness (QED) is 0.219. The molecule has 4 rings (SSSR count). The van der Waals surface area contributed by atoms with Gasteiger partial charge in [0.25, 0.3) is 5.91 Å². The Labute approximate surface area is 235 Å². The van der Waals surface area contributed by atoms with Gasteiger partial charge in [0.05, 0.1) is 5.56 Å². The fourth-order valence-electron chi connectivity index (χ4n) is 4.18. The molecule has 4 aromatic rings. The minimum absolute atomic E-state index is 0.204. The summed E-state index contributed by atoms with van der Waals surface area (Å²) in [5.41, 5.74) is 2.48. The van der Waals surface area contributed by atoms with Crippen LogP contribution in [0.3, 0.4) is 0 Å². The maximum atomic E-state index is 13.1. The van der Waals surface area contributed by atoms with E-state index >= 15 is 0 Å². The van der Waals surface area contributed by atoms with Crippen molar-refractivity contribution in [3.8, 4) is 11.1 Å². The van der Waals surface area contributed by atoms with Crippen LogP contribution in [0.15, 0.2) is 103 Å². The molecule has 4 aromatic carbocycles. The Morgan fingerprint density at radius 1 is 0.780 bits per heavy atom. The van der Waals surface area contributed by atoms with Gasteiger partial charge >= 0.3 is 6.18 Å². The van der Waals surface area contributed by atoms with Gasteiger partial charge in [0.2, 0.25) is 11.8 Å². The van der Waals surface area contributed by atoms with Crippen LogP contribution in [0.1, 0.15) is 46.4 Å². The van der Waals surface area contributed by atoms with E-state index in [1.165, 1.54) is 12.1 Å². The van der Waals surface area contributed by atoms with E-state index in [-0.39, 0.29) is 24.8 Å². The highest BCUT2D eigenvalue weighted by molar-refractivity contribution is 6.08. The number of hydrogen-bond acceptors (Lipinski definition) is 3. The second kappa shape index (κ2) is 13.0. The molecule has 0 aromatic heterocycles. The molecule has 0 heterocycles. The molecule has 41 heavy (non-hydrogen) atoms. The number of anilines is 1. The Hall–Kier alpha value is -4.92. The third-order valence-corrected chi connectivity index (χ3v) is 6.40. The first-order chi connectivity index (χ1) is 19.7. The average molecular weight is 560 g/mol. The summed E-state index contributed by atoms with van der Waals surface area (Å²) < 4.78 is 38.9. The van der Waals surface area contributed by atoms with Crippen molar-refractivity contribution in [2.24, 2.45) is 0 Å². The highest BCUT2D eigenvalue weighted by Gasteiger charge is 2.30. The van der Waals surface area contributed by atoms with Crippen LogP contribution in [-0.4, -0.2) is 17.7 Å². The first kappa shape index (κ1) is 29.1. The Kier molecular flexibility index (Phi) is 9.19. The summed E-state index contributed by atoms with van der Waals surface area (Å²) in [6.07, 6.45) is -4.20. The highest BCUT2D eigenvalue weighted by Crippen LogP contribution is 2.32. The summed E-state index contributed by atoms with van der Waals surface area (Å²) in [4.78, 5) is 38.0. The molecule has 0 fully saturated rings. The molecule has 0 radical (unpaired) electrons. The van der Waals surface area contributed by atoms with Crippen molar-refractivity contribution < 1.29 is 27.6 Å². The molecule has 0 unspecified atom stereocenters. The number of alkyl halides is 3. The van der Waals surface area contributed by atoms with Gasteiger partial charge in [0.1, 0.15) is 6.04 Å². The lowest BCUT2D eigenvalue weighted by molar-refractivity contribution is -0.137. The van der Waals surface area contributed by atoms with Crippen molar-refractivity contribution in [1.29, 1.82) is 0 Å². The summed E-state index contributed by atoms with van der Waals surface area (Å²) in [6, 6.07) is 26.3. The summed E-state index contributed by atoms with van der Waals surface area (Å²) in [7, 11) is 0. The molecule has 0 bridgehead atoms. The molecule has 210 valence electrons. The van der Waals surface area contributed by atoms with Crippen LogP contribution >= 0.6 is 0 Å². The monoisotopic (exact) mass is 559 g/mol. The van der Waals surface area contributed by atoms with Gasteiger partial charge in [-0.05, 0) is 52.6 Å². The lowest BCUT2D eigenvalue weighted by atomic mass is 9.98. The number of amides is 3. The summed E-state index contributed by atoms with van der Waals surface area (Å²) in [5, 5.41) is 8.39. The van der Waals surface area contributed by atoms with Crippen LogP contribution in [0, 0.1) is 0 Å². The van der Waals surface area contributed by atoms with Crippen molar-refractivity contribution in [2.45, 2.75) is 32.1 Å². The van der Waals surface area contributed by atoms with Crippen LogP contribution < -0.4 is 16.0 Å². The molecule has 0 saturated carbocycles. The molecule has 9 heteroatoms. The molecule has 6 nitrogen and oxygen atoms in total. The van der Waals surface area contributed by atoms with Gasteiger partial charge in [-0.25, -0.2) is 0 Å². The van der Waals surface area contributed by atoms with Gasteiger partial charge in [-0.3, -0.25) is 14.4 Å². The molecular formula is C32H28F3N3O3. The predicted octanol–water partition coefficient (Wildman–Crippen LogP) is 6.51. The predicted molar refractivity (Wildman–Crippen MR) is 151 cm³/mol. The Morgan fingerprint density at radius 3 is 2.05 bits per heavy atom. The number of carbonyl (C=O) groups is 3. The largest absolute Gasteiger partial charge is 0.416 e. The Morgan fingerprint density at radius 2 is 1.41 bits per heavy atom. The number of nitrogens with one attached hydrogen (secondary N) is 3. The van der Waals surface area contributed by atoms with Crippen LogP contribution in [0.5, 0.6) is 0 Å². The number of carbonyl (C=O) groups excluding carboxylic acids is 3. The molecule has 0 spiro atoms. The van der Waals surface area contributed by atoms with Gasteiger partial charge < -0.3 is 16.0 Å². The van der Waals surface area contributed by atoms with Gasteiger partial charge in [0, 0.05) is 24.2 Å². The molecule has 3 N–H and O–H groups in total. The molecule has 3 amide bonds. The van der Waals surface area contributed by atoms with Gasteiger partial charge in [0.15, 0.2) is 0 Å². The lowest BCUT2D eigenvalue weighted by Gasteiger charge is -2.19. The second-order valence-electron chi connectivity index (χ2n) is 9.25. The summed E-state index contributed by atoms with van der Waals surface area (Å²) in [5.74, 6) is -1.01. The van der Waals surface area contributed by atoms with Crippen LogP contribution in [-0.2, 0) is 22.3 Å². The van der Waals surface area contributed by atoms with Crippen molar-refractivity contribution in [2.75, 3.05) is 5.32 Å².